The average molecular weight is 249 g/mol. The van der Waals surface area contributed by atoms with E-state index in [4.69, 9.17) is 5.11 Å². The molecular formula is C14H19NO3. The number of phenolic OH excluding ortho intramolecular Hbond substituents is 2. The van der Waals surface area contributed by atoms with Gasteiger partial charge in [-0.3, -0.25) is 4.79 Å². The van der Waals surface area contributed by atoms with E-state index in [0.29, 0.717) is 18.0 Å². The van der Waals surface area contributed by atoms with Gasteiger partial charge in [-0.05, 0) is 36.1 Å². The number of aromatic hydroxyl groups is 2. The first-order valence-corrected chi connectivity index (χ1v) is 5.97. The summed E-state index contributed by atoms with van der Waals surface area (Å²) in [4.78, 5) is 11.4. The topological polar surface area (TPSA) is 69.6 Å². The number of hydrogen-bond acceptors (Lipinski definition) is 3. The highest BCUT2D eigenvalue weighted by atomic mass is 16.3. The Morgan fingerprint density at radius 3 is 2.67 bits per heavy atom. The van der Waals surface area contributed by atoms with E-state index in [1.807, 2.05) is 0 Å². The highest BCUT2D eigenvalue weighted by Gasteiger charge is 2.00. The Labute approximate surface area is 107 Å². The molecular weight excluding hydrogens is 230 g/mol. The molecule has 1 aromatic rings. The Morgan fingerprint density at radius 2 is 2.06 bits per heavy atom. The van der Waals surface area contributed by atoms with Crippen LogP contribution in [0.2, 0.25) is 0 Å². The summed E-state index contributed by atoms with van der Waals surface area (Å²) in [5.41, 5.74) is 0.657. The summed E-state index contributed by atoms with van der Waals surface area (Å²) in [5, 5.41) is 21.2. The van der Waals surface area contributed by atoms with Crippen molar-refractivity contribution in [2.75, 3.05) is 6.54 Å². The predicted octanol–water partition coefficient (Wildman–Crippen LogP) is 2.27. The minimum atomic E-state index is -0.197. The van der Waals surface area contributed by atoms with Crippen LogP contribution in [0.3, 0.4) is 0 Å². The maximum Gasteiger partial charge on any atom is 0.243 e. The van der Waals surface area contributed by atoms with Gasteiger partial charge in [0.2, 0.25) is 5.91 Å². The Balaban J connectivity index is 2.48. The van der Waals surface area contributed by atoms with Crippen LogP contribution in [0.25, 0.3) is 6.08 Å². The van der Waals surface area contributed by atoms with Crippen molar-refractivity contribution in [3.63, 3.8) is 0 Å². The van der Waals surface area contributed by atoms with E-state index in [1.54, 1.807) is 12.1 Å². The van der Waals surface area contributed by atoms with Crippen LogP contribution in [0.4, 0.5) is 0 Å². The Morgan fingerprint density at radius 1 is 1.33 bits per heavy atom. The average Bonchev–Trinajstić information content (AvgIpc) is 2.30. The lowest BCUT2D eigenvalue weighted by Crippen LogP contribution is -2.23. The molecule has 0 atom stereocenters. The fourth-order valence-corrected chi connectivity index (χ4v) is 1.36. The molecule has 1 aromatic carbocycles. The summed E-state index contributed by atoms with van der Waals surface area (Å²) in [7, 11) is 0. The molecule has 0 radical (unpaired) electrons. The number of phenols is 2. The van der Waals surface area contributed by atoms with Crippen LogP contribution in [-0.4, -0.2) is 22.7 Å². The molecule has 1 rings (SSSR count). The lowest BCUT2D eigenvalue weighted by molar-refractivity contribution is -0.116. The van der Waals surface area contributed by atoms with Gasteiger partial charge in [-0.15, -0.1) is 0 Å². The van der Waals surface area contributed by atoms with Gasteiger partial charge >= 0.3 is 0 Å². The monoisotopic (exact) mass is 249 g/mol. The van der Waals surface area contributed by atoms with Gasteiger partial charge in [0.15, 0.2) is 11.5 Å². The number of rotatable bonds is 5. The first-order chi connectivity index (χ1) is 8.49. The fraction of sp³-hybridized carbons (Fsp3) is 0.357. The summed E-state index contributed by atoms with van der Waals surface area (Å²) in [6.07, 6.45) is 3.94. The Hall–Kier alpha value is -1.97. The molecule has 4 heteroatoms. The fourth-order valence-electron chi connectivity index (χ4n) is 1.36. The van der Waals surface area contributed by atoms with Crippen molar-refractivity contribution in [1.82, 2.24) is 5.32 Å². The van der Waals surface area contributed by atoms with E-state index in [1.165, 1.54) is 18.2 Å². The standard InChI is InChI=1S/C14H19NO3/c1-10(2)7-8-15-14(18)6-4-11-3-5-12(16)13(17)9-11/h3-6,9-10,16-17H,7-8H2,1-2H3,(H,15,18)/b6-4+. The minimum Gasteiger partial charge on any atom is -0.504 e. The van der Waals surface area contributed by atoms with Gasteiger partial charge in [-0.2, -0.15) is 0 Å². The summed E-state index contributed by atoms with van der Waals surface area (Å²) in [6, 6.07) is 4.39. The van der Waals surface area contributed by atoms with Gasteiger partial charge in [0.1, 0.15) is 0 Å². The number of carbonyl (C=O) groups is 1. The molecule has 98 valence electrons. The normalized spacial score (nSPS) is 11.1. The lowest BCUT2D eigenvalue weighted by Gasteiger charge is -2.04. The molecule has 18 heavy (non-hydrogen) atoms. The van der Waals surface area contributed by atoms with Crippen molar-refractivity contribution in [2.24, 2.45) is 5.92 Å². The lowest BCUT2D eigenvalue weighted by atomic mass is 10.1. The smallest absolute Gasteiger partial charge is 0.243 e. The highest BCUT2D eigenvalue weighted by Crippen LogP contribution is 2.25. The van der Waals surface area contributed by atoms with Gasteiger partial charge in [0, 0.05) is 12.6 Å². The molecule has 0 aromatic heterocycles. The molecule has 0 bridgehead atoms. The Bertz CT molecular complexity index is 439. The minimum absolute atomic E-state index is 0.164. The molecule has 0 unspecified atom stereocenters. The van der Waals surface area contributed by atoms with E-state index >= 15 is 0 Å². The third-order valence-corrected chi connectivity index (χ3v) is 2.45. The molecule has 0 heterocycles. The van der Waals surface area contributed by atoms with Gasteiger partial charge in [0.25, 0.3) is 0 Å². The van der Waals surface area contributed by atoms with Gasteiger partial charge in [0.05, 0.1) is 0 Å². The maximum absolute atomic E-state index is 11.4. The van der Waals surface area contributed by atoms with Crippen LogP contribution in [0.15, 0.2) is 24.3 Å². The predicted molar refractivity (Wildman–Crippen MR) is 71.3 cm³/mol. The zero-order valence-electron chi connectivity index (χ0n) is 10.7. The SMILES string of the molecule is CC(C)CCNC(=O)/C=C/c1ccc(O)c(O)c1. The van der Waals surface area contributed by atoms with Gasteiger partial charge in [-0.25, -0.2) is 0 Å². The second-order valence-corrected chi connectivity index (χ2v) is 4.56. The largest absolute Gasteiger partial charge is 0.504 e. The van der Waals surface area contributed by atoms with Crippen LogP contribution in [0.5, 0.6) is 11.5 Å². The molecule has 4 nitrogen and oxygen atoms in total. The molecule has 0 saturated heterocycles. The molecule has 0 saturated carbocycles. The number of amides is 1. The zero-order valence-corrected chi connectivity index (χ0v) is 10.7. The summed E-state index contributed by atoms with van der Waals surface area (Å²) in [5.74, 6) is 0.0254. The van der Waals surface area contributed by atoms with Gasteiger partial charge < -0.3 is 15.5 Å². The van der Waals surface area contributed by atoms with E-state index in [-0.39, 0.29) is 17.4 Å². The van der Waals surface area contributed by atoms with Crippen molar-refractivity contribution in [3.8, 4) is 11.5 Å². The zero-order chi connectivity index (χ0) is 13.5. The van der Waals surface area contributed by atoms with Crippen molar-refractivity contribution < 1.29 is 15.0 Å². The van der Waals surface area contributed by atoms with E-state index < -0.39 is 0 Å². The molecule has 0 aliphatic heterocycles. The van der Waals surface area contributed by atoms with Crippen molar-refractivity contribution in [3.05, 3.63) is 29.8 Å². The molecule has 0 aliphatic carbocycles. The second-order valence-electron chi connectivity index (χ2n) is 4.56. The van der Waals surface area contributed by atoms with Crippen molar-refractivity contribution in [2.45, 2.75) is 20.3 Å². The third kappa shape index (κ3) is 4.91. The molecule has 0 aliphatic rings. The number of nitrogens with one attached hydrogen (secondary N) is 1. The third-order valence-electron chi connectivity index (χ3n) is 2.45. The van der Waals surface area contributed by atoms with E-state index in [9.17, 15) is 9.90 Å². The second kappa shape index (κ2) is 6.69. The molecule has 0 spiro atoms. The first kappa shape index (κ1) is 14.1. The highest BCUT2D eigenvalue weighted by molar-refractivity contribution is 5.91. The summed E-state index contributed by atoms with van der Waals surface area (Å²) >= 11 is 0. The quantitative estimate of drug-likeness (QED) is 0.554. The molecule has 3 N–H and O–H groups in total. The maximum atomic E-state index is 11.4. The molecule has 1 amide bonds. The molecule has 0 fully saturated rings. The van der Waals surface area contributed by atoms with E-state index in [2.05, 4.69) is 19.2 Å². The van der Waals surface area contributed by atoms with Crippen LogP contribution < -0.4 is 5.32 Å². The van der Waals surface area contributed by atoms with Crippen LogP contribution >= 0.6 is 0 Å². The van der Waals surface area contributed by atoms with Crippen LogP contribution in [0, 0.1) is 5.92 Å². The van der Waals surface area contributed by atoms with Crippen LogP contribution in [0.1, 0.15) is 25.8 Å². The van der Waals surface area contributed by atoms with Crippen molar-refractivity contribution in [1.29, 1.82) is 0 Å². The number of hydrogen-bond donors (Lipinski definition) is 3. The van der Waals surface area contributed by atoms with Gasteiger partial charge in [-0.1, -0.05) is 19.9 Å². The van der Waals surface area contributed by atoms with Crippen LogP contribution in [-0.2, 0) is 4.79 Å². The summed E-state index contributed by atoms with van der Waals surface area (Å²) < 4.78 is 0. The summed E-state index contributed by atoms with van der Waals surface area (Å²) in [6.45, 7) is 4.85. The van der Waals surface area contributed by atoms with Crippen molar-refractivity contribution >= 4 is 12.0 Å². The number of benzene rings is 1. The first-order valence-electron chi connectivity index (χ1n) is 5.97. The van der Waals surface area contributed by atoms with E-state index in [0.717, 1.165) is 6.42 Å². The number of carbonyl (C=O) groups excluding carboxylic acids is 1. The Kier molecular flexibility index (Phi) is 5.24.